The summed E-state index contributed by atoms with van der Waals surface area (Å²) in [5.41, 5.74) is 2.84. The molecule has 0 saturated heterocycles. The van der Waals surface area contributed by atoms with Crippen molar-refractivity contribution in [3.63, 3.8) is 0 Å². The lowest BCUT2D eigenvalue weighted by atomic mass is 9.94. The van der Waals surface area contributed by atoms with E-state index >= 15 is 0 Å². The van der Waals surface area contributed by atoms with Gasteiger partial charge in [-0.05, 0) is 49.9 Å². The molecule has 1 fully saturated rings. The van der Waals surface area contributed by atoms with Gasteiger partial charge in [0.1, 0.15) is 0 Å². The van der Waals surface area contributed by atoms with Crippen LogP contribution in [-0.2, 0) is 0 Å². The van der Waals surface area contributed by atoms with Crippen molar-refractivity contribution >= 4 is 17.4 Å². The van der Waals surface area contributed by atoms with Gasteiger partial charge in [-0.1, -0.05) is 24.4 Å². The molecule has 2 rings (SSSR count). The molecule has 0 atom stereocenters. The molecule has 0 aliphatic heterocycles. The van der Waals surface area contributed by atoms with Crippen LogP contribution in [0.2, 0.25) is 5.02 Å². The molecule has 0 spiro atoms. The lowest BCUT2D eigenvalue weighted by molar-refractivity contribution is 0.0922. The molecule has 86 valence electrons. The Bertz CT molecular complexity index is 394. The molecule has 0 radical (unpaired) electrons. The van der Waals surface area contributed by atoms with E-state index in [-0.39, 0.29) is 5.92 Å². The second kappa shape index (κ2) is 4.58. The lowest BCUT2D eigenvalue weighted by Crippen LogP contribution is -2.11. The van der Waals surface area contributed by atoms with Crippen molar-refractivity contribution in [2.45, 2.75) is 39.5 Å². The molecule has 1 aliphatic carbocycles. The summed E-state index contributed by atoms with van der Waals surface area (Å²) in [4.78, 5) is 12.2. The SMILES string of the molecule is Cc1cc(C(=O)C2CCCC2)cc(C)c1Cl. The fraction of sp³-hybridized carbons (Fsp3) is 0.500. The number of carbonyl (C=O) groups excluding carboxylic acids is 1. The maximum Gasteiger partial charge on any atom is 0.165 e. The largest absolute Gasteiger partial charge is 0.294 e. The van der Waals surface area contributed by atoms with Crippen molar-refractivity contribution in [3.05, 3.63) is 33.8 Å². The summed E-state index contributed by atoms with van der Waals surface area (Å²) in [6, 6.07) is 3.85. The van der Waals surface area contributed by atoms with Crippen molar-refractivity contribution in [3.8, 4) is 0 Å². The van der Waals surface area contributed by atoms with Crippen LogP contribution in [0, 0.1) is 19.8 Å². The number of benzene rings is 1. The summed E-state index contributed by atoms with van der Waals surface area (Å²) in [5, 5.41) is 0.781. The first-order valence-corrected chi connectivity index (χ1v) is 6.28. The number of hydrogen-bond donors (Lipinski definition) is 0. The zero-order chi connectivity index (χ0) is 11.7. The van der Waals surface area contributed by atoms with Gasteiger partial charge in [0, 0.05) is 16.5 Å². The minimum atomic E-state index is 0.250. The number of hydrogen-bond acceptors (Lipinski definition) is 1. The maximum absolute atomic E-state index is 12.2. The first kappa shape index (κ1) is 11.7. The first-order chi connectivity index (χ1) is 7.59. The summed E-state index contributed by atoms with van der Waals surface area (Å²) < 4.78 is 0. The third kappa shape index (κ3) is 2.15. The van der Waals surface area contributed by atoms with E-state index in [0.717, 1.165) is 34.6 Å². The third-order valence-electron chi connectivity index (χ3n) is 3.45. The smallest absolute Gasteiger partial charge is 0.165 e. The highest BCUT2D eigenvalue weighted by atomic mass is 35.5. The summed E-state index contributed by atoms with van der Waals surface area (Å²) in [6.45, 7) is 3.92. The van der Waals surface area contributed by atoms with Gasteiger partial charge in [0.05, 0.1) is 0 Å². The summed E-state index contributed by atoms with van der Waals surface area (Å²) >= 11 is 6.10. The minimum absolute atomic E-state index is 0.250. The van der Waals surface area contributed by atoms with E-state index in [4.69, 9.17) is 11.6 Å². The fourth-order valence-electron chi connectivity index (χ4n) is 2.51. The van der Waals surface area contributed by atoms with Crippen LogP contribution in [0.5, 0.6) is 0 Å². The molecule has 1 nitrogen and oxygen atoms in total. The van der Waals surface area contributed by atoms with Crippen LogP contribution in [0.3, 0.4) is 0 Å². The maximum atomic E-state index is 12.2. The number of rotatable bonds is 2. The zero-order valence-corrected chi connectivity index (χ0v) is 10.6. The zero-order valence-electron chi connectivity index (χ0n) is 9.85. The highest BCUT2D eigenvalue weighted by Gasteiger charge is 2.24. The van der Waals surface area contributed by atoms with E-state index in [1.165, 1.54) is 12.8 Å². The number of carbonyl (C=O) groups is 1. The molecule has 0 aromatic heterocycles. The molecule has 0 bridgehead atoms. The van der Waals surface area contributed by atoms with Crippen molar-refractivity contribution < 1.29 is 4.79 Å². The Morgan fingerprint density at radius 3 is 2.19 bits per heavy atom. The predicted octanol–water partition coefficient (Wildman–Crippen LogP) is 4.33. The van der Waals surface area contributed by atoms with Gasteiger partial charge in [0.25, 0.3) is 0 Å². The number of aryl methyl sites for hydroxylation is 2. The van der Waals surface area contributed by atoms with E-state index < -0.39 is 0 Å². The van der Waals surface area contributed by atoms with E-state index in [1.54, 1.807) is 0 Å². The Labute approximate surface area is 102 Å². The molecule has 2 heteroatoms. The molecule has 0 amide bonds. The number of halogens is 1. The van der Waals surface area contributed by atoms with E-state index in [9.17, 15) is 4.79 Å². The van der Waals surface area contributed by atoms with Crippen molar-refractivity contribution in [1.82, 2.24) is 0 Å². The number of Topliss-reactive ketones (excluding diaryl/α,β-unsaturated/α-hetero) is 1. The van der Waals surface area contributed by atoms with Crippen LogP contribution in [0.25, 0.3) is 0 Å². The quantitative estimate of drug-likeness (QED) is 0.699. The molecular weight excluding hydrogens is 220 g/mol. The van der Waals surface area contributed by atoms with Gasteiger partial charge in [-0.15, -0.1) is 0 Å². The molecule has 0 N–H and O–H groups in total. The van der Waals surface area contributed by atoms with E-state index in [1.807, 2.05) is 26.0 Å². The molecule has 16 heavy (non-hydrogen) atoms. The highest BCUT2D eigenvalue weighted by Crippen LogP contribution is 2.30. The molecular formula is C14H17ClO. The Morgan fingerprint density at radius 2 is 1.69 bits per heavy atom. The monoisotopic (exact) mass is 236 g/mol. The van der Waals surface area contributed by atoms with Gasteiger partial charge in [0.15, 0.2) is 5.78 Å². The van der Waals surface area contributed by atoms with Gasteiger partial charge in [-0.25, -0.2) is 0 Å². The Morgan fingerprint density at radius 1 is 1.19 bits per heavy atom. The average Bonchev–Trinajstić information content (AvgIpc) is 2.77. The topological polar surface area (TPSA) is 17.1 Å². The fourth-order valence-corrected chi connectivity index (χ4v) is 2.62. The summed E-state index contributed by atoms with van der Waals surface area (Å²) in [7, 11) is 0. The molecule has 0 heterocycles. The predicted molar refractivity (Wildman–Crippen MR) is 67.2 cm³/mol. The Kier molecular flexibility index (Phi) is 3.34. The molecule has 1 aliphatic rings. The molecule has 1 aromatic carbocycles. The van der Waals surface area contributed by atoms with Crippen LogP contribution in [0.4, 0.5) is 0 Å². The third-order valence-corrected chi connectivity index (χ3v) is 4.04. The second-order valence-corrected chi connectivity index (χ2v) is 5.15. The number of ketones is 1. The Balaban J connectivity index is 2.29. The normalized spacial score (nSPS) is 16.7. The van der Waals surface area contributed by atoms with Crippen LogP contribution in [-0.4, -0.2) is 5.78 Å². The second-order valence-electron chi connectivity index (χ2n) is 4.77. The van der Waals surface area contributed by atoms with Gasteiger partial charge < -0.3 is 0 Å². The van der Waals surface area contributed by atoms with Crippen LogP contribution >= 0.6 is 11.6 Å². The minimum Gasteiger partial charge on any atom is -0.294 e. The van der Waals surface area contributed by atoms with Crippen LogP contribution in [0.15, 0.2) is 12.1 Å². The molecule has 1 aromatic rings. The van der Waals surface area contributed by atoms with Crippen molar-refractivity contribution in [1.29, 1.82) is 0 Å². The van der Waals surface area contributed by atoms with Gasteiger partial charge in [0.2, 0.25) is 0 Å². The highest BCUT2D eigenvalue weighted by molar-refractivity contribution is 6.32. The van der Waals surface area contributed by atoms with Gasteiger partial charge in [-0.2, -0.15) is 0 Å². The lowest BCUT2D eigenvalue weighted by Gasteiger charge is -2.11. The van der Waals surface area contributed by atoms with E-state index in [2.05, 4.69) is 0 Å². The standard InChI is InChI=1S/C14H17ClO/c1-9-7-12(8-10(2)13(9)15)14(16)11-5-3-4-6-11/h7-8,11H,3-6H2,1-2H3. The molecule has 0 unspecified atom stereocenters. The Hall–Kier alpha value is -0.820. The van der Waals surface area contributed by atoms with Crippen LogP contribution in [0.1, 0.15) is 47.2 Å². The van der Waals surface area contributed by atoms with Gasteiger partial charge in [-0.3, -0.25) is 4.79 Å². The summed E-state index contributed by atoms with van der Waals surface area (Å²) in [6.07, 6.45) is 4.50. The van der Waals surface area contributed by atoms with Crippen molar-refractivity contribution in [2.75, 3.05) is 0 Å². The van der Waals surface area contributed by atoms with E-state index in [0.29, 0.717) is 5.78 Å². The van der Waals surface area contributed by atoms with Crippen LogP contribution < -0.4 is 0 Å². The molecule has 1 saturated carbocycles. The average molecular weight is 237 g/mol. The van der Waals surface area contributed by atoms with Gasteiger partial charge >= 0.3 is 0 Å². The summed E-state index contributed by atoms with van der Waals surface area (Å²) in [5.74, 6) is 0.556. The first-order valence-electron chi connectivity index (χ1n) is 5.90. The van der Waals surface area contributed by atoms with Crippen molar-refractivity contribution in [2.24, 2.45) is 5.92 Å².